The van der Waals surface area contributed by atoms with E-state index >= 15 is 0 Å². The van der Waals surface area contributed by atoms with Crippen molar-refractivity contribution < 1.29 is 133 Å². The third kappa shape index (κ3) is 13.9. The molecule has 28 heteroatoms. The minimum absolute atomic E-state index is 0. The number of fused-ring (bicyclic) bond motifs is 5. The van der Waals surface area contributed by atoms with E-state index in [-0.39, 0.29) is 128 Å². The summed E-state index contributed by atoms with van der Waals surface area (Å²) >= 11 is 3.39. The summed E-state index contributed by atoms with van der Waals surface area (Å²) in [7, 11) is -9.26. The zero-order valence-electron chi connectivity index (χ0n) is 42.0. The Morgan fingerprint density at radius 3 is 2.33 bits per heavy atom. The number of carbonyl (C=O) groups excluding carboxylic acids is 4. The molecule has 4 heterocycles. The van der Waals surface area contributed by atoms with E-state index in [1.165, 1.54) is 17.0 Å². The molecule has 0 unspecified atom stereocenters. The minimum Gasteiger partial charge on any atom is -0.748 e. The van der Waals surface area contributed by atoms with Crippen molar-refractivity contribution in [2.75, 3.05) is 60.8 Å². The van der Waals surface area contributed by atoms with Gasteiger partial charge in [-0.05, 0) is 78.1 Å². The molecular weight excluding hydrogens is 1130 g/mol. The van der Waals surface area contributed by atoms with Crippen LogP contribution in [0.25, 0.3) is 38.2 Å². The minimum atomic E-state index is -4.81. The van der Waals surface area contributed by atoms with Crippen LogP contribution in [0.3, 0.4) is 0 Å². The van der Waals surface area contributed by atoms with Gasteiger partial charge in [0.05, 0.1) is 68.1 Å². The number of carbonyl (C=O) groups is 4. The second kappa shape index (κ2) is 26.7. The van der Waals surface area contributed by atoms with Gasteiger partial charge in [0.2, 0.25) is 17.3 Å². The number of urea groups is 1. The number of anilines is 2. The molecule has 6 aromatic rings. The predicted octanol–water partition coefficient (Wildman–Crippen LogP) is -0.793. The quantitative estimate of drug-likeness (QED) is 0.0106. The summed E-state index contributed by atoms with van der Waals surface area (Å²) in [5.41, 5.74) is 3.53. The molecule has 5 amide bonds. The number of thiazole rings is 1. The van der Waals surface area contributed by atoms with Crippen LogP contribution in [0.2, 0.25) is 0 Å². The number of aromatic nitrogens is 1. The fourth-order valence-electron chi connectivity index (χ4n) is 8.71. The van der Waals surface area contributed by atoms with Crippen LogP contribution in [0, 0.1) is 0 Å². The van der Waals surface area contributed by atoms with Crippen molar-refractivity contribution in [2.24, 2.45) is 0 Å². The first-order valence-corrected chi connectivity index (χ1v) is 28.8. The predicted molar refractivity (Wildman–Crippen MR) is 278 cm³/mol. The van der Waals surface area contributed by atoms with E-state index in [2.05, 4.69) is 48.4 Å². The Labute approximate surface area is 504 Å². The molecule has 0 spiro atoms. The van der Waals surface area contributed by atoms with Gasteiger partial charge in [-0.1, -0.05) is 83.8 Å². The molecule has 3 aliphatic rings. The van der Waals surface area contributed by atoms with E-state index in [0.29, 0.717) is 16.3 Å². The first-order chi connectivity index (χ1) is 36.5. The van der Waals surface area contributed by atoms with Crippen LogP contribution in [0.5, 0.6) is 5.75 Å². The standard InChI is InChI=1S/C50H46N6O15S5.2Na/c1-2-52-38-28-35(76(65,66)67)15-17-40(38)69-44(52)20-16-37-48(58)55(50(60)56(49(37)59)31-72-71-70-61)30-43(57)51-21-24-68-25-23-53-39-27-34(32-9-4-3-5-10-32)14-18-41(39)73-45(53)29-46-54(22-8-26-75(62,63)64)47-36-12-7-6-11-33(36)13-19-42(47)74-46;;/h3-7,9-20,27-29H,2,8,21-26,30-31H2,1H3,(H3-,51,57,61,62,63,64,65,66,67);;/q;2*+1/p-2. The van der Waals surface area contributed by atoms with Crippen molar-refractivity contribution in [3.05, 3.63) is 137 Å². The molecule has 3 aliphatic heterocycles. The summed E-state index contributed by atoms with van der Waals surface area (Å²) in [5, 5.41) is 20.2. The largest absolute Gasteiger partial charge is 1.00 e. The van der Waals surface area contributed by atoms with Crippen LogP contribution < -0.4 is 88.8 Å². The number of barbiturate groups is 1. The zero-order chi connectivity index (χ0) is 53.7. The normalized spacial score (nSPS) is 16.1. The smallest absolute Gasteiger partial charge is 0.748 e. The molecule has 1 N–H and O–H groups in total. The van der Waals surface area contributed by atoms with Gasteiger partial charge in [0.15, 0.2) is 12.3 Å². The van der Waals surface area contributed by atoms with Crippen molar-refractivity contribution >= 4 is 118 Å². The molecule has 78 heavy (non-hydrogen) atoms. The van der Waals surface area contributed by atoms with Gasteiger partial charge in [-0.2, -0.15) is 8.90 Å². The number of benzene rings is 5. The van der Waals surface area contributed by atoms with E-state index in [1.807, 2.05) is 66.7 Å². The Hall–Kier alpha value is -4.69. The molecular formula is C50H44N6Na2O15S5. The number of imide groups is 2. The van der Waals surface area contributed by atoms with E-state index in [4.69, 9.17) is 9.47 Å². The molecule has 396 valence electrons. The van der Waals surface area contributed by atoms with E-state index in [9.17, 15) is 50.4 Å². The molecule has 21 nitrogen and oxygen atoms in total. The Morgan fingerprint density at radius 2 is 1.59 bits per heavy atom. The van der Waals surface area contributed by atoms with Crippen LogP contribution in [0.4, 0.5) is 16.2 Å². The molecule has 1 fully saturated rings. The molecule has 1 saturated heterocycles. The summed E-state index contributed by atoms with van der Waals surface area (Å²) in [5.74, 6) is -3.92. The monoisotopic (exact) mass is 1170 g/mol. The molecule has 0 saturated carbocycles. The summed E-state index contributed by atoms with van der Waals surface area (Å²) in [6.07, 6.45) is 4.46. The Balaban J connectivity index is 0.00000441. The van der Waals surface area contributed by atoms with Crippen LogP contribution >= 0.6 is 35.1 Å². The molecule has 5 aromatic carbocycles. The number of hydrogen-bond acceptors (Lipinski definition) is 20. The van der Waals surface area contributed by atoms with Crippen molar-refractivity contribution in [1.82, 2.24) is 15.1 Å². The SMILES string of the molecule is CCN1C(=CC=C2C(=O)N(CSOO[O-])C(=O)N(CC(=O)NCCOCCN3C(=Cc4sc5ccc6ccccc6c5[n+]4CCCS(=O)(=O)[O-])Sc4ccc(-c5ccccc5)cc43)C2=O)Oc2ccc(S(=O)(=O)[O-])cc21.[Na+].[Na+]. The number of nitrogens with one attached hydrogen (secondary N) is 1. The second-order valence-corrected chi connectivity index (χ2v) is 22.6. The fourth-order valence-corrected chi connectivity index (χ4v) is 12.4. The average molecular weight is 1180 g/mol. The first-order valence-electron chi connectivity index (χ1n) is 23.2. The first kappa shape index (κ1) is 60.9. The summed E-state index contributed by atoms with van der Waals surface area (Å²) in [6, 6.07) is 30.4. The van der Waals surface area contributed by atoms with Crippen molar-refractivity contribution in [3.63, 3.8) is 0 Å². The Morgan fingerprint density at radius 1 is 0.833 bits per heavy atom. The number of aryl methyl sites for hydroxylation is 1. The molecule has 9 rings (SSSR count). The van der Waals surface area contributed by atoms with Gasteiger partial charge < -0.3 is 39.0 Å². The summed E-state index contributed by atoms with van der Waals surface area (Å²) < 4.78 is 89.4. The topological polar surface area (TPSA) is 272 Å². The third-order valence-corrected chi connectivity index (χ3v) is 16.5. The van der Waals surface area contributed by atoms with Crippen LogP contribution in [0.1, 0.15) is 18.4 Å². The van der Waals surface area contributed by atoms with Crippen LogP contribution in [0.15, 0.2) is 142 Å². The van der Waals surface area contributed by atoms with Gasteiger partial charge in [-0.25, -0.2) is 31.4 Å². The Kier molecular flexibility index (Phi) is 20.9. The van der Waals surface area contributed by atoms with E-state index < -0.39 is 72.6 Å². The van der Waals surface area contributed by atoms with Gasteiger partial charge in [-0.3, -0.25) is 19.4 Å². The fraction of sp³-hybridized carbons (Fsp3) is 0.220. The number of nitrogens with zero attached hydrogens (tertiary/aromatic N) is 5. The van der Waals surface area contributed by atoms with Gasteiger partial charge in [0.1, 0.15) is 32.8 Å². The molecule has 0 atom stereocenters. The third-order valence-electron chi connectivity index (χ3n) is 12.2. The maximum atomic E-state index is 13.8. The number of allylic oxidation sites excluding steroid dienone is 2. The van der Waals surface area contributed by atoms with Crippen LogP contribution in [-0.2, 0) is 55.3 Å². The van der Waals surface area contributed by atoms with Crippen molar-refractivity contribution in [2.45, 2.75) is 29.7 Å². The van der Waals surface area contributed by atoms with Crippen LogP contribution in [-0.4, -0.2) is 111 Å². The molecule has 0 radical (unpaired) electrons. The van der Waals surface area contributed by atoms with Gasteiger partial charge in [0.25, 0.3) is 16.8 Å². The van der Waals surface area contributed by atoms with Gasteiger partial charge in [0, 0.05) is 36.7 Å². The molecule has 0 aliphatic carbocycles. The second-order valence-electron chi connectivity index (χ2n) is 16.9. The molecule has 1 aromatic heterocycles. The zero-order valence-corrected chi connectivity index (χ0v) is 50.1. The molecule has 0 bridgehead atoms. The summed E-state index contributed by atoms with van der Waals surface area (Å²) in [6.45, 7) is 1.87. The Bertz CT molecular complexity index is 3600. The van der Waals surface area contributed by atoms with Crippen molar-refractivity contribution in [3.8, 4) is 16.9 Å². The number of hydrogen-bond donors (Lipinski definition) is 1. The van der Waals surface area contributed by atoms with Gasteiger partial charge in [-0.15, -0.1) is 0 Å². The maximum absolute atomic E-state index is 13.8. The summed E-state index contributed by atoms with van der Waals surface area (Å²) in [4.78, 5) is 59.4. The van der Waals surface area contributed by atoms with E-state index in [0.717, 1.165) is 70.9 Å². The number of amides is 5. The van der Waals surface area contributed by atoms with E-state index in [1.54, 1.807) is 30.0 Å². The average Bonchev–Trinajstić information content (AvgIpc) is 4.14. The van der Waals surface area contributed by atoms with Crippen molar-refractivity contribution in [1.29, 1.82) is 0 Å². The number of thioether (sulfide) groups is 1. The number of rotatable bonds is 21. The number of ether oxygens (including phenoxy) is 2. The maximum Gasteiger partial charge on any atom is 1.00 e. The van der Waals surface area contributed by atoms with Gasteiger partial charge >= 0.3 is 65.1 Å².